The van der Waals surface area contributed by atoms with Crippen LogP contribution in [0, 0.1) is 27.7 Å². The fourth-order valence-corrected chi connectivity index (χ4v) is 10.7. The molecule has 0 fully saturated rings. The molecular formula is C51H64O8S6. The van der Waals surface area contributed by atoms with Crippen molar-refractivity contribution in [2.24, 2.45) is 0 Å². The van der Waals surface area contributed by atoms with Gasteiger partial charge in [0, 0.05) is 26.4 Å². The van der Waals surface area contributed by atoms with E-state index in [1.165, 1.54) is 0 Å². The molecule has 4 aromatic rings. The molecule has 14 heteroatoms. The Morgan fingerprint density at radius 2 is 0.738 bits per heavy atom. The molecule has 2 unspecified atom stereocenters. The van der Waals surface area contributed by atoms with Crippen molar-refractivity contribution in [1.82, 2.24) is 0 Å². The monoisotopic (exact) mass is 996 g/mol. The third kappa shape index (κ3) is 14.3. The van der Waals surface area contributed by atoms with Crippen molar-refractivity contribution in [3.8, 4) is 23.0 Å². The molecule has 0 aliphatic heterocycles. The first-order chi connectivity index (χ1) is 30.8. The number of benzene rings is 4. The minimum absolute atomic E-state index is 0.0950. The average Bonchev–Trinajstić information content (AvgIpc) is 3.27. The standard InChI is InChI=1S/C51H64O8S6/c1-29(2)49(52)58-37(27-56-47-41(62-13)21-39(60-11)22-42(47)63-14)25-54-45-31(5)17-35(18-32(45)6)51(9,10)36-19-33(7)46(34(8)20-36)55-26-38(59-50(53)30(3)4)28-57-48-43(64-15)23-40(61-12)24-44(48)65-16/h17-24,37-38H,1,3,25-28H2,2,4-16H3. The maximum absolute atomic E-state index is 12.8. The number of hydrogen-bond donors (Lipinski definition) is 0. The summed E-state index contributed by atoms with van der Waals surface area (Å²) in [7, 11) is 0. The number of hydrogen-bond acceptors (Lipinski definition) is 14. The van der Waals surface area contributed by atoms with Gasteiger partial charge in [-0.1, -0.05) is 51.3 Å². The van der Waals surface area contributed by atoms with Gasteiger partial charge in [-0.2, -0.15) is 0 Å². The van der Waals surface area contributed by atoms with Crippen LogP contribution in [0.15, 0.2) is 102 Å². The molecule has 65 heavy (non-hydrogen) atoms. The first-order valence-electron chi connectivity index (χ1n) is 20.9. The lowest BCUT2D eigenvalue weighted by Crippen LogP contribution is -2.32. The largest absolute Gasteiger partial charge is 0.489 e. The first-order valence-corrected chi connectivity index (χ1v) is 28.2. The minimum Gasteiger partial charge on any atom is -0.489 e. The Morgan fingerprint density at radius 1 is 0.477 bits per heavy atom. The maximum atomic E-state index is 12.8. The summed E-state index contributed by atoms with van der Waals surface area (Å²) in [6.45, 7) is 23.8. The van der Waals surface area contributed by atoms with E-state index in [4.69, 9.17) is 28.4 Å². The van der Waals surface area contributed by atoms with E-state index >= 15 is 0 Å². The molecule has 2 atom stereocenters. The molecule has 0 aliphatic rings. The molecule has 4 rings (SSSR count). The van der Waals surface area contributed by atoms with Crippen LogP contribution in [0.1, 0.15) is 61.1 Å². The highest BCUT2D eigenvalue weighted by Crippen LogP contribution is 2.42. The van der Waals surface area contributed by atoms with Gasteiger partial charge in [0.15, 0.2) is 12.2 Å². The van der Waals surface area contributed by atoms with Crippen LogP contribution in [0.5, 0.6) is 23.0 Å². The second-order valence-corrected chi connectivity index (χ2v) is 21.2. The van der Waals surface area contributed by atoms with E-state index in [2.05, 4.69) is 88.0 Å². The fourth-order valence-electron chi connectivity index (χ4n) is 6.92. The van der Waals surface area contributed by atoms with Crippen LogP contribution in [0.4, 0.5) is 0 Å². The number of esters is 2. The van der Waals surface area contributed by atoms with E-state index < -0.39 is 29.6 Å². The topological polar surface area (TPSA) is 89.5 Å². The second-order valence-electron chi connectivity index (χ2n) is 16.1. The van der Waals surface area contributed by atoms with E-state index in [0.29, 0.717) is 11.1 Å². The van der Waals surface area contributed by atoms with Crippen molar-refractivity contribution >= 4 is 82.5 Å². The molecule has 0 aromatic heterocycles. The zero-order valence-corrected chi connectivity index (χ0v) is 45.1. The molecule has 0 saturated carbocycles. The van der Waals surface area contributed by atoms with Crippen LogP contribution in [0.3, 0.4) is 0 Å². The molecule has 0 N–H and O–H groups in total. The van der Waals surface area contributed by atoms with Gasteiger partial charge < -0.3 is 28.4 Å². The van der Waals surface area contributed by atoms with Gasteiger partial charge in [-0.25, -0.2) is 9.59 Å². The molecule has 0 amide bonds. The molecule has 0 spiro atoms. The maximum Gasteiger partial charge on any atom is 0.333 e. The first kappa shape index (κ1) is 54.2. The molecular weight excluding hydrogens is 933 g/mol. The predicted octanol–water partition coefficient (Wildman–Crippen LogP) is 13.5. The summed E-state index contributed by atoms with van der Waals surface area (Å²) in [6, 6.07) is 17.1. The minimum atomic E-state index is -0.690. The molecule has 8 nitrogen and oxygen atoms in total. The number of carbonyl (C=O) groups excluding carboxylic acids is 2. The van der Waals surface area contributed by atoms with Crippen LogP contribution < -0.4 is 18.9 Å². The summed E-state index contributed by atoms with van der Waals surface area (Å²) < 4.78 is 37.5. The van der Waals surface area contributed by atoms with Crippen molar-refractivity contribution in [3.63, 3.8) is 0 Å². The van der Waals surface area contributed by atoms with Crippen LogP contribution in [0.25, 0.3) is 0 Å². The zero-order valence-electron chi connectivity index (χ0n) is 40.2. The number of rotatable bonds is 24. The summed E-state index contributed by atoms with van der Waals surface area (Å²) in [5.74, 6) is 2.00. The molecule has 0 saturated heterocycles. The Hall–Kier alpha value is -3.40. The molecule has 0 radical (unpaired) electrons. The molecule has 4 aromatic carbocycles. The Bertz CT molecular complexity index is 2100. The number of carbonyl (C=O) groups is 2. The van der Waals surface area contributed by atoms with Gasteiger partial charge in [-0.15, -0.1) is 70.6 Å². The number of ether oxygens (including phenoxy) is 6. The highest BCUT2D eigenvalue weighted by atomic mass is 32.2. The van der Waals surface area contributed by atoms with Crippen molar-refractivity contribution in [2.75, 3.05) is 64.0 Å². The van der Waals surface area contributed by atoms with E-state index in [1.807, 2.05) is 52.7 Å². The van der Waals surface area contributed by atoms with Crippen LogP contribution in [-0.4, -0.2) is 88.1 Å². The van der Waals surface area contributed by atoms with Crippen LogP contribution in [0.2, 0.25) is 0 Å². The normalized spacial score (nSPS) is 12.3. The molecule has 352 valence electrons. The van der Waals surface area contributed by atoms with Gasteiger partial charge in [-0.05, 0) is 137 Å². The lowest BCUT2D eigenvalue weighted by molar-refractivity contribution is -0.148. The third-order valence-electron chi connectivity index (χ3n) is 10.6. The lowest BCUT2D eigenvalue weighted by Gasteiger charge is -2.30. The molecule has 0 bridgehead atoms. The highest BCUT2D eigenvalue weighted by molar-refractivity contribution is 8.00. The van der Waals surface area contributed by atoms with Gasteiger partial charge in [0.2, 0.25) is 0 Å². The summed E-state index contributed by atoms with van der Waals surface area (Å²) >= 11 is 9.84. The summed E-state index contributed by atoms with van der Waals surface area (Å²) in [5.41, 5.74) is 6.29. The van der Waals surface area contributed by atoms with E-state index in [9.17, 15) is 9.59 Å². The van der Waals surface area contributed by atoms with Gasteiger partial charge in [-0.3, -0.25) is 0 Å². The highest BCUT2D eigenvalue weighted by Gasteiger charge is 2.28. The summed E-state index contributed by atoms with van der Waals surface area (Å²) in [5, 5.41) is 0. The lowest BCUT2D eigenvalue weighted by atomic mass is 9.76. The van der Waals surface area contributed by atoms with Crippen molar-refractivity contribution in [1.29, 1.82) is 0 Å². The van der Waals surface area contributed by atoms with E-state index in [-0.39, 0.29) is 26.4 Å². The second kappa shape index (κ2) is 25.1. The smallest absolute Gasteiger partial charge is 0.333 e. The van der Waals surface area contributed by atoms with Crippen molar-refractivity contribution in [3.05, 3.63) is 106 Å². The van der Waals surface area contributed by atoms with Crippen LogP contribution >= 0.6 is 70.6 Å². The summed E-state index contributed by atoms with van der Waals surface area (Å²) in [4.78, 5) is 31.9. The van der Waals surface area contributed by atoms with Gasteiger partial charge in [0.05, 0.1) is 19.6 Å². The quantitative estimate of drug-likeness (QED) is 0.0379. The predicted molar refractivity (Wildman–Crippen MR) is 279 cm³/mol. The third-order valence-corrected chi connectivity index (χ3v) is 15.0. The van der Waals surface area contributed by atoms with Crippen molar-refractivity contribution < 1.29 is 38.0 Å². The van der Waals surface area contributed by atoms with Crippen molar-refractivity contribution in [2.45, 2.75) is 102 Å². The Kier molecular flexibility index (Phi) is 20.9. The summed E-state index contributed by atoms with van der Waals surface area (Å²) in [6.07, 6.45) is 10.8. The molecule has 0 aliphatic carbocycles. The van der Waals surface area contributed by atoms with Gasteiger partial charge in [0.1, 0.15) is 49.4 Å². The van der Waals surface area contributed by atoms with E-state index in [1.54, 1.807) is 84.4 Å². The fraction of sp³-hybridized carbons (Fsp3) is 0.412. The number of aryl methyl sites for hydroxylation is 4. The Labute approximate surface area is 413 Å². The van der Waals surface area contributed by atoms with Crippen LogP contribution in [-0.2, 0) is 24.5 Å². The van der Waals surface area contributed by atoms with Gasteiger partial charge >= 0.3 is 11.9 Å². The SMILES string of the molecule is C=C(C)C(=O)OC(COc1c(C)cc(C(C)(C)c2cc(C)c(OCC(COc3c(SC)cc(SC)cc3SC)OC(=O)C(=C)C)c(C)c2)cc1C)COc1c(SC)cc(SC)cc1SC. The average molecular weight is 997 g/mol. The number of thioether (sulfide) groups is 6. The molecule has 0 heterocycles. The van der Waals surface area contributed by atoms with E-state index in [0.717, 1.165) is 85.8 Å². The van der Waals surface area contributed by atoms with Gasteiger partial charge in [0.25, 0.3) is 0 Å². The Balaban J connectivity index is 1.54. The zero-order chi connectivity index (χ0) is 48.2. The Morgan fingerprint density at radius 3 is 0.969 bits per heavy atom.